The van der Waals surface area contributed by atoms with Crippen LogP contribution in [0, 0.1) is 18.2 Å². The zero-order valence-corrected chi connectivity index (χ0v) is 25.2. The number of phenolic OH excluding ortho intramolecular Hbond substituents is 1. The van der Waals surface area contributed by atoms with Gasteiger partial charge in [-0.15, -0.1) is 6.42 Å². The number of ether oxygens (including phenoxy) is 1. The molecule has 4 fully saturated rings. The zero-order valence-electron chi connectivity index (χ0n) is 27.2. The number of pyridine rings is 1. The van der Waals surface area contributed by atoms with Crippen LogP contribution >= 0.6 is 0 Å². The Hall–Kier alpha value is -4.41. The summed E-state index contributed by atoms with van der Waals surface area (Å²) in [6, 6.07) is 4.78. The van der Waals surface area contributed by atoms with Gasteiger partial charge in [-0.3, -0.25) is 14.3 Å². The fraction of sp³-hybridized carbons (Fsp3) is 0.441. The van der Waals surface area contributed by atoms with Crippen molar-refractivity contribution in [2.75, 3.05) is 37.6 Å². The summed E-state index contributed by atoms with van der Waals surface area (Å²) in [4.78, 5) is 27.2. The Kier molecular flexibility index (Phi) is 6.37. The van der Waals surface area contributed by atoms with Gasteiger partial charge < -0.3 is 20.1 Å². The van der Waals surface area contributed by atoms with Gasteiger partial charge in [0.05, 0.1) is 24.9 Å². The number of hydrogen-bond acceptors (Lipinski definition) is 8. The first-order valence-electron chi connectivity index (χ1n) is 16.7. The standard InChI is InChI=1S/C34H32F4N6O3/c1-2-23-25(35)8-5-19-13-22(45)14-26(28(19)23)44-27(34(36,37)38)15-24-29(31(44)46)40-32(47-18-33-9-3-11-43(33)12-4-10-33)41-30(24)42-16-20-6-7-21(17-42)39-20/h1,5,8,13-15,20-21,39,45H,3-4,6-7,9-12,16-18H2/t20-,21+/i18D2. The minimum atomic E-state index is -5.12. The van der Waals surface area contributed by atoms with Gasteiger partial charge in [0.15, 0.2) is 0 Å². The van der Waals surface area contributed by atoms with E-state index in [4.69, 9.17) is 13.9 Å². The number of nitrogens with zero attached hydrogens (tertiary/aromatic N) is 5. The molecule has 0 amide bonds. The molecule has 0 saturated carbocycles. The van der Waals surface area contributed by atoms with Gasteiger partial charge in [0.1, 0.15) is 35.2 Å². The van der Waals surface area contributed by atoms with Crippen LogP contribution < -0.4 is 20.5 Å². The van der Waals surface area contributed by atoms with Crippen molar-refractivity contribution in [3.05, 3.63) is 57.8 Å². The van der Waals surface area contributed by atoms with Crippen LogP contribution in [0.15, 0.2) is 35.1 Å². The number of aromatic hydroxyl groups is 1. The maximum atomic E-state index is 15.0. The molecular weight excluding hydrogens is 616 g/mol. The minimum absolute atomic E-state index is 0.0206. The SMILES string of the molecule is [2H]C([2H])(Oc1nc(N2C[C@H]3CC[C@@H](C2)N3)c2cc(C(F)(F)F)n(-c3cc(O)cc4ccc(F)c(C#C)c34)c(=O)c2n1)C12CCCN1CCC2. The number of piperazine rings is 1. The molecular formula is C34H32F4N6O3. The predicted octanol–water partition coefficient (Wildman–Crippen LogP) is 4.73. The summed E-state index contributed by atoms with van der Waals surface area (Å²) in [6.45, 7) is -0.101. The van der Waals surface area contributed by atoms with Crippen molar-refractivity contribution in [1.29, 1.82) is 0 Å². The van der Waals surface area contributed by atoms with Gasteiger partial charge in [-0.05, 0) is 75.2 Å². The Balaban J connectivity index is 1.40. The molecule has 0 unspecified atom stereocenters. The number of aromatic nitrogens is 3. The molecule has 2 aromatic carbocycles. The fourth-order valence-corrected chi connectivity index (χ4v) is 7.99. The molecule has 8 rings (SSSR count). The van der Waals surface area contributed by atoms with Crippen molar-refractivity contribution >= 4 is 27.5 Å². The number of alkyl halides is 3. The first-order valence-corrected chi connectivity index (χ1v) is 15.7. The summed E-state index contributed by atoms with van der Waals surface area (Å²) in [5, 5.41) is 13.8. The molecule has 0 aliphatic carbocycles. The molecule has 0 radical (unpaired) electrons. The Bertz CT molecular complexity index is 2110. The summed E-state index contributed by atoms with van der Waals surface area (Å²) < 4.78 is 84.5. The van der Waals surface area contributed by atoms with E-state index in [1.165, 1.54) is 12.1 Å². The molecule has 4 saturated heterocycles. The third-order valence-electron chi connectivity index (χ3n) is 10.0. The van der Waals surface area contributed by atoms with E-state index in [2.05, 4.69) is 26.1 Å². The number of anilines is 1. The van der Waals surface area contributed by atoms with Gasteiger partial charge in [-0.2, -0.15) is 23.1 Å². The van der Waals surface area contributed by atoms with Crippen LogP contribution in [0.1, 0.15) is 52.5 Å². The van der Waals surface area contributed by atoms with Crippen molar-refractivity contribution in [2.45, 2.75) is 62.3 Å². The molecule has 4 aliphatic heterocycles. The number of hydrogen-bond donors (Lipinski definition) is 2. The van der Waals surface area contributed by atoms with Crippen LogP contribution in [0.3, 0.4) is 0 Å². The van der Waals surface area contributed by atoms with Crippen molar-refractivity contribution in [1.82, 2.24) is 24.8 Å². The second-order valence-corrected chi connectivity index (χ2v) is 12.9. The van der Waals surface area contributed by atoms with Crippen LogP contribution in [0.2, 0.25) is 0 Å². The van der Waals surface area contributed by atoms with Crippen molar-refractivity contribution in [3.63, 3.8) is 0 Å². The Labute approximate surface area is 270 Å². The number of nitrogens with one attached hydrogen (secondary N) is 1. The molecule has 4 aliphatic rings. The van der Waals surface area contributed by atoms with Gasteiger partial charge in [0.25, 0.3) is 5.56 Å². The zero-order chi connectivity index (χ0) is 34.5. The highest BCUT2D eigenvalue weighted by molar-refractivity contribution is 5.97. The molecule has 2 bridgehead atoms. The number of fused-ring (bicyclic) bond motifs is 5. The van der Waals surface area contributed by atoms with E-state index in [1.54, 1.807) is 4.90 Å². The van der Waals surface area contributed by atoms with Crippen LogP contribution in [-0.4, -0.2) is 74.9 Å². The molecule has 4 aromatic rings. The maximum Gasteiger partial charge on any atom is 0.431 e. The second-order valence-electron chi connectivity index (χ2n) is 12.9. The van der Waals surface area contributed by atoms with Crippen LogP contribution in [0.25, 0.3) is 27.4 Å². The van der Waals surface area contributed by atoms with Gasteiger partial charge in [-0.25, -0.2) is 4.39 Å². The summed E-state index contributed by atoms with van der Waals surface area (Å²) in [7, 11) is 0. The summed E-state index contributed by atoms with van der Waals surface area (Å²) in [5.74, 6) is 0.815. The topological polar surface area (TPSA) is 95.8 Å². The maximum absolute atomic E-state index is 15.0. The summed E-state index contributed by atoms with van der Waals surface area (Å²) >= 11 is 0. The van der Waals surface area contributed by atoms with E-state index in [1.807, 2.05) is 0 Å². The Morgan fingerprint density at radius 2 is 1.85 bits per heavy atom. The molecule has 2 atom stereocenters. The van der Waals surface area contributed by atoms with Crippen molar-refractivity contribution < 1.29 is 30.1 Å². The van der Waals surface area contributed by atoms with E-state index in [0.29, 0.717) is 43.6 Å². The van der Waals surface area contributed by atoms with E-state index in [0.717, 1.165) is 43.9 Å². The van der Waals surface area contributed by atoms with E-state index < -0.39 is 58.3 Å². The molecule has 6 heterocycles. The Morgan fingerprint density at radius 3 is 2.53 bits per heavy atom. The number of benzene rings is 2. The lowest BCUT2D eigenvalue weighted by Gasteiger charge is -2.35. The third-order valence-corrected chi connectivity index (χ3v) is 10.0. The number of rotatable bonds is 5. The smallest absolute Gasteiger partial charge is 0.431 e. The highest BCUT2D eigenvalue weighted by Crippen LogP contribution is 2.41. The van der Waals surface area contributed by atoms with Crippen LogP contribution in [-0.2, 0) is 6.18 Å². The molecule has 9 nitrogen and oxygen atoms in total. The third kappa shape index (κ3) is 4.88. The van der Waals surface area contributed by atoms with E-state index in [-0.39, 0.29) is 39.6 Å². The normalized spacial score (nSPS) is 23.2. The first-order chi connectivity index (χ1) is 23.3. The molecule has 47 heavy (non-hydrogen) atoms. The predicted molar refractivity (Wildman–Crippen MR) is 168 cm³/mol. The minimum Gasteiger partial charge on any atom is -0.508 e. The summed E-state index contributed by atoms with van der Waals surface area (Å²) in [5.41, 5.74) is -4.94. The summed E-state index contributed by atoms with van der Waals surface area (Å²) in [6.07, 6.45) is 4.84. The monoisotopic (exact) mass is 650 g/mol. The lowest BCUT2D eigenvalue weighted by atomic mass is 9.95. The van der Waals surface area contributed by atoms with Gasteiger partial charge in [-0.1, -0.05) is 12.0 Å². The molecule has 0 spiro atoms. The highest BCUT2D eigenvalue weighted by Gasteiger charge is 2.45. The average Bonchev–Trinajstić information content (AvgIpc) is 3.75. The molecule has 2 N–H and O–H groups in total. The van der Waals surface area contributed by atoms with Gasteiger partial charge in [0, 0.05) is 36.6 Å². The lowest BCUT2D eigenvalue weighted by Crippen LogP contribution is -2.51. The van der Waals surface area contributed by atoms with E-state index >= 15 is 13.2 Å². The van der Waals surface area contributed by atoms with Crippen molar-refractivity contribution in [2.24, 2.45) is 0 Å². The van der Waals surface area contributed by atoms with Crippen LogP contribution in [0.4, 0.5) is 23.4 Å². The Morgan fingerprint density at radius 1 is 1.13 bits per heavy atom. The van der Waals surface area contributed by atoms with Crippen LogP contribution in [0.5, 0.6) is 11.8 Å². The quantitative estimate of drug-likeness (QED) is 0.237. The molecule has 244 valence electrons. The first kappa shape index (κ1) is 27.7. The van der Waals surface area contributed by atoms with E-state index in [9.17, 15) is 14.3 Å². The van der Waals surface area contributed by atoms with Crippen molar-refractivity contribution in [3.8, 4) is 29.8 Å². The highest BCUT2D eigenvalue weighted by atomic mass is 19.4. The number of phenols is 1. The largest absolute Gasteiger partial charge is 0.508 e. The molecule has 13 heteroatoms. The molecule has 2 aromatic heterocycles. The number of halogens is 4. The lowest BCUT2D eigenvalue weighted by molar-refractivity contribution is -0.142. The van der Waals surface area contributed by atoms with Gasteiger partial charge in [0.2, 0.25) is 0 Å². The second kappa shape index (κ2) is 10.8. The average molecular weight is 651 g/mol. The van der Waals surface area contributed by atoms with Gasteiger partial charge >= 0.3 is 12.2 Å². The fourth-order valence-electron chi connectivity index (χ4n) is 7.99. The number of terminal acetylenes is 1.